The molecule has 3 heterocycles. The Morgan fingerprint density at radius 1 is 1.14 bits per heavy atom. The molecule has 0 saturated carbocycles. The van der Waals surface area contributed by atoms with Crippen LogP contribution in [0.5, 0.6) is 0 Å². The first-order valence-electron chi connectivity index (χ1n) is 11.6. The number of aromatic nitrogens is 3. The zero-order chi connectivity index (χ0) is 24.7. The summed E-state index contributed by atoms with van der Waals surface area (Å²) in [6.07, 6.45) is 8.36. The Kier molecular flexibility index (Phi) is 6.49. The van der Waals surface area contributed by atoms with Crippen molar-refractivity contribution in [3.8, 4) is 5.69 Å². The number of pyridine rings is 1. The molecule has 8 heteroatoms. The molecule has 0 spiro atoms. The molecule has 2 atom stereocenters. The average Bonchev–Trinajstić information content (AvgIpc) is 3.40. The molecule has 0 amide bonds. The third kappa shape index (κ3) is 4.51. The smallest absolute Gasteiger partial charge is 0.129 e. The van der Waals surface area contributed by atoms with Crippen molar-refractivity contribution >= 4 is 28.0 Å². The van der Waals surface area contributed by atoms with Gasteiger partial charge in [0.1, 0.15) is 11.0 Å². The van der Waals surface area contributed by atoms with Crippen LogP contribution in [0, 0.1) is 13.8 Å². The number of aryl methyl sites for hydroxylation is 1. The van der Waals surface area contributed by atoms with Crippen LogP contribution < -0.4 is 5.43 Å². The molecule has 1 aliphatic carbocycles. The van der Waals surface area contributed by atoms with Gasteiger partial charge in [-0.1, -0.05) is 61.9 Å². The molecule has 3 aromatic rings. The zero-order valence-electron chi connectivity index (χ0n) is 20.2. The molecule has 0 radical (unpaired) electrons. The summed E-state index contributed by atoms with van der Waals surface area (Å²) < 4.78 is 14.9. The first-order chi connectivity index (χ1) is 16.8. The van der Waals surface area contributed by atoms with Crippen molar-refractivity contribution in [2.75, 3.05) is 5.88 Å². The number of rotatable bonds is 6. The number of hydrogen-bond donors (Lipinski definition) is 1. The Balaban J connectivity index is 1.52. The number of halogens is 1. The van der Waals surface area contributed by atoms with Crippen LogP contribution in [0.1, 0.15) is 42.4 Å². The summed E-state index contributed by atoms with van der Waals surface area (Å²) in [6.45, 7) is 8.44. The molecule has 5 rings (SSSR count). The third-order valence-electron chi connectivity index (χ3n) is 6.32. The summed E-state index contributed by atoms with van der Waals surface area (Å²) in [6, 6.07) is 13.3. The van der Waals surface area contributed by atoms with Crippen LogP contribution in [0.3, 0.4) is 0 Å². The van der Waals surface area contributed by atoms with E-state index in [9.17, 15) is 4.21 Å². The van der Waals surface area contributed by atoms with E-state index in [1.54, 1.807) is 6.07 Å². The minimum Gasteiger partial charge on any atom is -0.302 e. The van der Waals surface area contributed by atoms with Gasteiger partial charge in [0.05, 0.1) is 33.9 Å². The maximum atomic E-state index is 12.9. The summed E-state index contributed by atoms with van der Waals surface area (Å²) >= 11 is 6.10. The quantitative estimate of drug-likeness (QED) is 0.451. The van der Waals surface area contributed by atoms with Gasteiger partial charge in [-0.3, -0.25) is 4.21 Å². The van der Waals surface area contributed by atoms with Crippen molar-refractivity contribution in [2.24, 2.45) is 0 Å². The van der Waals surface area contributed by atoms with E-state index >= 15 is 0 Å². The van der Waals surface area contributed by atoms with Crippen LogP contribution in [-0.4, -0.2) is 35.9 Å². The Labute approximate surface area is 213 Å². The fraction of sp³-hybridized carbons (Fsp3) is 0.259. The molecular weight excluding hydrogens is 478 g/mol. The highest BCUT2D eigenvalue weighted by molar-refractivity contribution is 7.85. The molecule has 2 aliphatic rings. The Hall–Kier alpha value is -3.00. The first-order valence-corrected chi connectivity index (χ1v) is 13.3. The van der Waals surface area contributed by atoms with Gasteiger partial charge >= 0.3 is 0 Å². The largest absolute Gasteiger partial charge is 0.302 e. The maximum Gasteiger partial charge on any atom is 0.129 e. The van der Waals surface area contributed by atoms with Gasteiger partial charge in [-0.15, -0.1) is 0 Å². The number of allylic oxidation sites excluding steroid dienone is 2. The fourth-order valence-corrected chi connectivity index (χ4v) is 5.93. The second-order valence-corrected chi connectivity index (χ2v) is 10.9. The van der Waals surface area contributed by atoms with E-state index < -0.39 is 10.8 Å². The molecule has 0 fully saturated rings. The van der Waals surface area contributed by atoms with Gasteiger partial charge in [-0.2, -0.15) is 5.10 Å². The van der Waals surface area contributed by atoms with E-state index in [0.717, 1.165) is 38.8 Å². The van der Waals surface area contributed by atoms with Crippen molar-refractivity contribution in [2.45, 2.75) is 44.6 Å². The van der Waals surface area contributed by atoms with E-state index in [2.05, 4.69) is 55.6 Å². The fourth-order valence-electron chi connectivity index (χ4n) is 4.73. The van der Waals surface area contributed by atoms with Crippen molar-refractivity contribution < 1.29 is 4.21 Å². The minimum atomic E-state index is -1.15. The maximum absolute atomic E-state index is 12.9. The molecule has 1 aromatic carbocycles. The first kappa shape index (κ1) is 23.7. The number of hydrazine groups is 1. The van der Waals surface area contributed by atoms with Gasteiger partial charge in [0.15, 0.2) is 0 Å². The molecule has 1 N–H and O–H groups in total. The number of benzene rings is 1. The highest BCUT2D eigenvalue weighted by atomic mass is 35.5. The number of nitrogens with zero attached hydrogens (tertiary/aromatic N) is 4. The molecule has 35 heavy (non-hydrogen) atoms. The SMILES string of the molecule is Cc1nc(Cl)ccc1-n1nc(C2=CC=CC3NN(CS(=O)c4ccccc4)C=C23)c(C(C)C)c1C. The molecule has 6 nitrogen and oxygen atoms in total. The Morgan fingerprint density at radius 2 is 1.91 bits per heavy atom. The molecule has 0 bridgehead atoms. The lowest BCUT2D eigenvalue weighted by atomic mass is 9.88. The van der Waals surface area contributed by atoms with E-state index in [0.29, 0.717) is 11.0 Å². The second-order valence-electron chi connectivity index (χ2n) is 9.07. The van der Waals surface area contributed by atoms with Crippen LogP contribution in [0.2, 0.25) is 5.15 Å². The van der Waals surface area contributed by atoms with Crippen LogP contribution in [0.15, 0.2) is 77.4 Å². The number of hydrogen-bond acceptors (Lipinski definition) is 5. The normalized spacial score (nSPS) is 18.0. The second kappa shape index (κ2) is 9.57. The monoisotopic (exact) mass is 505 g/mol. The Bertz CT molecular complexity index is 1390. The summed E-state index contributed by atoms with van der Waals surface area (Å²) in [7, 11) is -1.15. The molecular formula is C27H28ClN5OS. The minimum absolute atomic E-state index is 0.00664. The predicted molar refractivity (Wildman–Crippen MR) is 142 cm³/mol. The van der Waals surface area contributed by atoms with Crippen LogP contribution in [0.4, 0.5) is 0 Å². The highest BCUT2D eigenvalue weighted by Gasteiger charge is 2.31. The average molecular weight is 506 g/mol. The summed E-state index contributed by atoms with van der Waals surface area (Å²) in [5, 5.41) is 7.49. The topological polar surface area (TPSA) is 63.1 Å². The summed E-state index contributed by atoms with van der Waals surface area (Å²) in [5.41, 5.74) is 10.7. The van der Waals surface area contributed by atoms with Gasteiger partial charge in [0, 0.05) is 33.5 Å². The molecule has 180 valence electrons. The zero-order valence-corrected chi connectivity index (χ0v) is 21.8. The van der Waals surface area contributed by atoms with Crippen molar-refractivity contribution in [1.82, 2.24) is 25.2 Å². The van der Waals surface area contributed by atoms with Crippen LogP contribution >= 0.6 is 11.6 Å². The molecule has 0 saturated heterocycles. The molecule has 2 aromatic heterocycles. The van der Waals surface area contributed by atoms with Gasteiger partial charge < -0.3 is 5.01 Å². The Morgan fingerprint density at radius 3 is 2.63 bits per heavy atom. The van der Waals surface area contributed by atoms with E-state index in [1.165, 1.54) is 5.56 Å². The summed E-state index contributed by atoms with van der Waals surface area (Å²) in [4.78, 5) is 5.24. The van der Waals surface area contributed by atoms with Crippen LogP contribution in [-0.2, 0) is 10.8 Å². The molecule has 2 unspecified atom stereocenters. The lowest BCUT2D eigenvalue weighted by Gasteiger charge is -2.20. The van der Waals surface area contributed by atoms with Gasteiger partial charge in [-0.25, -0.2) is 15.1 Å². The van der Waals surface area contributed by atoms with Crippen molar-refractivity contribution in [3.63, 3.8) is 0 Å². The van der Waals surface area contributed by atoms with E-state index in [-0.39, 0.29) is 12.0 Å². The highest BCUT2D eigenvalue weighted by Crippen LogP contribution is 2.38. The summed E-state index contributed by atoms with van der Waals surface area (Å²) in [5.74, 6) is 0.645. The van der Waals surface area contributed by atoms with Crippen molar-refractivity contribution in [1.29, 1.82) is 0 Å². The lowest BCUT2D eigenvalue weighted by Crippen LogP contribution is -2.37. The van der Waals surface area contributed by atoms with Crippen molar-refractivity contribution in [3.05, 3.63) is 100 Å². The van der Waals surface area contributed by atoms with Gasteiger partial charge in [0.25, 0.3) is 0 Å². The third-order valence-corrected chi connectivity index (χ3v) is 7.84. The van der Waals surface area contributed by atoms with E-state index in [4.69, 9.17) is 16.7 Å². The lowest BCUT2D eigenvalue weighted by molar-refractivity contribution is 0.333. The van der Waals surface area contributed by atoms with Crippen LogP contribution in [0.25, 0.3) is 11.3 Å². The van der Waals surface area contributed by atoms with E-state index in [1.807, 2.05) is 53.0 Å². The predicted octanol–water partition coefficient (Wildman–Crippen LogP) is 5.45. The van der Waals surface area contributed by atoms with Gasteiger partial charge in [-0.05, 0) is 44.0 Å². The number of fused-ring (bicyclic) bond motifs is 1. The number of nitrogens with one attached hydrogen (secondary N) is 1. The van der Waals surface area contributed by atoms with Gasteiger partial charge in [0.2, 0.25) is 0 Å². The molecule has 1 aliphatic heterocycles. The standard InChI is InChI=1S/C27H28ClN5OS/c1-17(2)26-19(4)33(24-13-14-25(28)29-18(24)3)31-27(26)21-11-8-12-23-22(21)15-32(30-23)16-35(34)20-9-6-5-7-10-20/h5-15,17,23,30H,16H2,1-4H3.